The van der Waals surface area contributed by atoms with Crippen LogP contribution in [0.4, 0.5) is 0 Å². The highest BCUT2D eigenvalue weighted by atomic mass is 16.5. The molecule has 0 atom stereocenters. The van der Waals surface area contributed by atoms with Gasteiger partial charge in [0.05, 0.1) is 20.4 Å². The van der Waals surface area contributed by atoms with Gasteiger partial charge >= 0.3 is 0 Å². The number of ether oxygens (including phenoxy) is 2. The van der Waals surface area contributed by atoms with Crippen molar-refractivity contribution in [1.82, 2.24) is 4.98 Å². The fourth-order valence-corrected chi connectivity index (χ4v) is 1.47. The van der Waals surface area contributed by atoms with E-state index in [-0.39, 0.29) is 5.89 Å². The lowest BCUT2D eigenvalue weighted by molar-refractivity contribution is 0.109. The number of benzene rings is 1. The number of aldehydes is 1. The Bertz CT molecular complexity index is 533. The molecule has 0 unspecified atom stereocenters. The van der Waals surface area contributed by atoms with Crippen molar-refractivity contribution < 1.29 is 18.7 Å². The van der Waals surface area contributed by atoms with E-state index in [4.69, 9.17) is 13.9 Å². The first-order chi connectivity index (χ1) is 8.28. The van der Waals surface area contributed by atoms with Crippen LogP contribution in [-0.2, 0) is 0 Å². The van der Waals surface area contributed by atoms with Gasteiger partial charge in [0.2, 0.25) is 6.29 Å². The molecule has 1 aromatic carbocycles. The molecule has 0 aliphatic rings. The Kier molecular flexibility index (Phi) is 3.09. The lowest BCUT2D eigenvalue weighted by Crippen LogP contribution is -1.90. The van der Waals surface area contributed by atoms with Crippen LogP contribution >= 0.6 is 0 Å². The average molecular weight is 233 g/mol. The fourth-order valence-electron chi connectivity index (χ4n) is 1.47. The van der Waals surface area contributed by atoms with Gasteiger partial charge in [-0.3, -0.25) is 4.79 Å². The molecule has 5 nitrogen and oxygen atoms in total. The minimum absolute atomic E-state index is 0.0507. The molecular formula is C12H11NO4. The molecule has 0 aliphatic heterocycles. The van der Waals surface area contributed by atoms with Gasteiger partial charge in [-0.05, 0) is 18.2 Å². The summed E-state index contributed by atoms with van der Waals surface area (Å²) in [6.07, 6.45) is 2.05. The van der Waals surface area contributed by atoms with Crippen molar-refractivity contribution in [3.63, 3.8) is 0 Å². The number of aromatic nitrogens is 1. The van der Waals surface area contributed by atoms with Crippen molar-refractivity contribution in [3.8, 4) is 22.8 Å². The van der Waals surface area contributed by atoms with Gasteiger partial charge in [0, 0.05) is 5.56 Å². The third-order valence-corrected chi connectivity index (χ3v) is 2.29. The minimum atomic E-state index is 0.0507. The summed E-state index contributed by atoms with van der Waals surface area (Å²) >= 11 is 0. The van der Waals surface area contributed by atoms with Crippen LogP contribution < -0.4 is 9.47 Å². The van der Waals surface area contributed by atoms with Gasteiger partial charge in [-0.1, -0.05) is 0 Å². The second kappa shape index (κ2) is 4.69. The third kappa shape index (κ3) is 2.13. The van der Waals surface area contributed by atoms with Crippen LogP contribution in [0.3, 0.4) is 0 Å². The van der Waals surface area contributed by atoms with Gasteiger partial charge in [-0.25, -0.2) is 4.98 Å². The molecule has 1 heterocycles. The van der Waals surface area contributed by atoms with Crippen molar-refractivity contribution in [2.45, 2.75) is 0 Å². The highest BCUT2D eigenvalue weighted by Gasteiger charge is 2.09. The first-order valence-electron chi connectivity index (χ1n) is 4.92. The molecule has 0 amide bonds. The summed E-state index contributed by atoms with van der Waals surface area (Å²) in [4.78, 5) is 14.3. The molecule has 0 fully saturated rings. The van der Waals surface area contributed by atoms with E-state index in [1.165, 1.54) is 6.20 Å². The van der Waals surface area contributed by atoms with Crippen molar-refractivity contribution in [1.29, 1.82) is 0 Å². The molecule has 2 rings (SSSR count). The zero-order valence-corrected chi connectivity index (χ0v) is 9.47. The van der Waals surface area contributed by atoms with Gasteiger partial charge in [0.15, 0.2) is 17.3 Å². The number of methoxy groups -OCH3 is 2. The molecule has 0 spiro atoms. The predicted molar refractivity (Wildman–Crippen MR) is 60.4 cm³/mol. The fraction of sp³-hybridized carbons (Fsp3) is 0.167. The third-order valence-electron chi connectivity index (χ3n) is 2.29. The SMILES string of the molecule is COc1ccc(-c2cnc(C=O)o2)cc1OC. The number of carbonyl (C=O) groups excluding carboxylic acids is 1. The van der Waals surface area contributed by atoms with Crippen LogP contribution in [0.2, 0.25) is 0 Å². The maximum Gasteiger partial charge on any atom is 0.260 e. The maximum absolute atomic E-state index is 10.5. The Morgan fingerprint density at radius 1 is 1.24 bits per heavy atom. The van der Waals surface area contributed by atoms with E-state index in [9.17, 15) is 4.79 Å². The average Bonchev–Trinajstić information content (AvgIpc) is 2.86. The van der Waals surface area contributed by atoms with Crippen LogP contribution in [0.15, 0.2) is 28.8 Å². The summed E-state index contributed by atoms with van der Waals surface area (Å²) in [6.45, 7) is 0. The smallest absolute Gasteiger partial charge is 0.260 e. The molecule has 0 radical (unpaired) electrons. The minimum Gasteiger partial charge on any atom is -0.493 e. The van der Waals surface area contributed by atoms with Crippen LogP contribution in [0, 0.1) is 0 Å². The lowest BCUT2D eigenvalue weighted by Gasteiger charge is -2.07. The maximum atomic E-state index is 10.5. The number of hydrogen-bond acceptors (Lipinski definition) is 5. The van der Waals surface area contributed by atoms with E-state index in [0.717, 1.165) is 5.56 Å². The monoisotopic (exact) mass is 233 g/mol. The van der Waals surface area contributed by atoms with E-state index < -0.39 is 0 Å². The summed E-state index contributed by atoms with van der Waals surface area (Å²) in [6, 6.07) is 5.32. The summed E-state index contributed by atoms with van der Waals surface area (Å²) < 4.78 is 15.5. The van der Waals surface area contributed by atoms with Crippen molar-refractivity contribution in [2.24, 2.45) is 0 Å². The molecule has 5 heteroatoms. The molecule has 88 valence electrons. The largest absolute Gasteiger partial charge is 0.493 e. The van der Waals surface area contributed by atoms with Crippen molar-refractivity contribution in [3.05, 3.63) is 30.3 Å². The lowest BCUT2D eigenvalue weighted by atomic mass is 10.1. The number of oxazole rings is 1. The zero-order chi connectivity index (χ0) is 12.3. The second-order valence-electron chi connectivity index (χ2n) is 3.25. The Labute approximate surface area is 98.0 Å². The molecule has 17 heavy (non-hydrogen) atoms. The molecule has 1 aromatic heterocycles. The van der Waals surface area contributed by atoms with Crippen LogP contribution in [0.1, 0.15) is 10.7 Å². The van der Waals surface area contributed by atoms with E-state index in [1.54, 1.807) is 32.4 Å². The Balaban J connectivity index is 2.42. The van der Waals surface area contributed by atoms with Crippen molar-refractivity contribution in [2.75, 3.05) is 14.2 Å². The van der Waals surface area contributed by atoms with Gasteiger partial charge in [0.1, 0.15) is 0 Å². The number of carbonyl (C=O) groups is 1. The van der Waals surface area contributed by atoms with E-state index in [0.29, 0.717) is 23.5 Å². The molecule has 0 saturated carbocycles. The van der Waals surface area contributed by atoms with E-state index >= 15 is 0 Å². The summed E-state index contributed by atoms with van der Waals surface area (Å²) in [5, 5.41) is 0. The standard InChI is InChI=1S/C12H11NO4/c1-15-9-4-3-8(5-10(9)16-2)11-6-13-12(7-14)17-11/h3-7H,1-2H3. The topological polar surface area (TPSA) is 61.6 Å². The number of nitrogens with zero attached hydrogens (tertiary/aromatic N) is 1. The zero-order valence-electron chi connectivity index (χ0n) is 9.47. The van der Waals surface area contributed by atoms with E-state index in [1.807, 2.05) is 0 Å². The Morgan fingerprint density at radius 3 is 2.59 bits per heavy atom. The predicted octanol–water partition coefficient (Wildman–Crippen LogP) is 2.17. The van der Waals surface area contributed by atoms with Gasteiger partial charge in [0.25, 0.3) is 5.89 Å². The summed E-state index contributed by atoms with van der Waals surface area (Å²) in [5.74, 6) is 1.78. The molecule has 0 aliphatic carbocycles. The van der Waals surface area contributed by atoms with E-state index in [2.05, 4.69) is 4.98 Å². The Morgan fingerprint density at radius 2 is 2.00 bits per heavy atom. The number of hydrogen-bond donors (Lipinski definition) is 0. The quantitative estimate of drug-likeness (QED) is 0.757. The highest BCUT2D eigenvalue weighted by molar-refractivity contribution is 5.70. The molecule has 2 aromatic rings. The van der Waals surface area contributed by atoms with Gasteiger partial charge in [-0.2, -0.15) is 0 Å². The summed E-state index contributed by atoms with van der Waals surface area (Å²) in [5.41, 5.74) is 0.767. The van der Waals surface area contributed by atoms with Gasteiger partial charge in [-0.15, -0.1) is 0 Å². The summed E-state index contributed by atoms with van der Waals surface area (Å²) in [7, 11) is 3.12. The molecule has 0 saturated heterocycles. The first kappa shape index (κ1) is 11.2. The Hall–Kier alpha value is -2.30. The van der Waals surface area contributed by atoms with Crippen molar-refractivity contribution >= 4 is 6.29 Å². The second-order valence-corrected chi connectivity index (χ2v) is 3.25. The molecular weight excluding hydrogens is 222 g/mol. The van der Waals surface area contributed by atoms with Crippen LogP contribution in [-0.4, -0.2) is 25.5 Å². The van der Waals surface area contributed by atoms with Crippen LogP contribution in [0.25, 0.3) is 11.3 Å². The number of rotatable bonds is 4. The van der Waals surface area contributed by atoms with Crippen LogP contribution in [0.5, 0.6) is 11.5 Å². The molecule has 0 N–H and O–H groups in total. The first-order valence-corrected chi connectivity index (χ1v) is 4.92. The molecule has 0 bridgehead atoms. The normalized spacial score (nSPS) is 10.0. The highest BCUT2D eigenvalue weighted by Crippen LogP contribution is 2.32. The van der Waals surface area contributed by atoms with Gasteiger partial charge < -0.3 is 13.9 Å².